The van der Waals surface area contributed by atoms with Gasteiger partial charge >= 0.3 is 0 Å². The summed E-state index contributed by atoms with van der Waals surface area (Å²) in [5, 5.41) is 3.54. The van der Waals surface area contributed by atoms with Crippen LogP contribution in [0.15, 0.2) is 24.3 Å². The molecular weight excluding hydrogens is 242 g/mol. The molecule has 1 rings (SSSR count). The fraction of sp³-hybridized carbons (Fsp3) is 0.684. The van der Waals surface area contributed by atoms with Crippen molar-refractivity contribution in [3.63, 3.8) is 0 Å². The van der Waals surface area contributed by atoms with Gasteiger partial charge in [-0.15, -0.1) is 0 Å². The van der Waals surface area contributed by atoms with E-state index in [-0.39, 0.29) is 5.41 Å². The Kier molecular flexibility index (Phi) is 6.26. The highest BCUT2D eigenvalue weighted by Gasteiger charge is 2.15. The van der Waals surface area contributed by atoms with Crippen LogP contribution in [0.1, 0.15) is 59.6 Å². The van der Waals surface area contributed by atoms with Gasteiger partial charge in [-0.1, -0.05) is 72.7 Å². The van der Waals surface area contributed by atoms with Crippen LogP contribution < -0.4 is 5.32 Å². The largest absolute Gasteiger partial charge is 0.314 e. The minimum atomic E-state index is 0.249. The molecule has 0 aromatic heterocycles. The molecule has 20 heavy (non-hydrogen) atoms. The van der Waals surface area contributed by atoms with E-state index in [9.17, 15) is 0 Å². The molecule has 0 amide bonds. The fourth-order valence-electron chi connectivity index (χ4n) is 2.34. The molecule has 1 aromatic carbocycles. The molecule has 0 aliphatic rings. The van der Waals surface area contributed by atoms with Crippen molar-refractivity contribution in [2.24, 2.45) is 11.8 Å². The summed E-state index contributed by atoms with van der Waals surface area (Å²) in [5.74, 6) is 1.42. The van der Waals surface area contributed by atoms with Crippen LogP contribution in [0.4, 0.5) is 0 Å². The lowest BCUT2D eigenvalue weighted by Gasteiger charge is -2.23. The zero-order chi connectivity index (χ0) is 15.3. The molecule has 2 atom stereocenters. The van der Waals surface area contributed by atoms with E-state index in [1.54, 1.807) is 0 Å². The quantitative estimate of drug-likeness (QED) is 0.786. The van der Waals surface area contributed by atoms with Gasteiger partial charge in [-0.2, -0.15) is 0 Å². The molecule has 0 aliphatic heterocycles. The summed E-state index contributed by atoms with van der Waals surface area (Å²) in [5.41, 5.74) is 3.13. The number of benzene rings is 1. The third-order valence-electron chi connectivity index (χ3n) is 4.20. The van der Waals surface area contributed by atoms with E-state index in [0.717, 1.165) is 6.54 Å². The minimum Gasteiger partial charge on any atom is -0.314 e. The highest BCUT2D eigenvalue weighted by molar-refractivity contribution is 5.27. The predicted octanol–water partition coefficient (Wildman–Crippen LogP) is 4.80. The van der Waals surface area contributed by atoms with Gasteiger partial charge in [0, 0.05) is 6.04 Å². The Labute approximate surface area is 126 Å². The third-order valence-corrected chi connectivity index (χ3v) is 4.20. The van der Waals surface area contributed by atoms with Crippen LogP contribution in [-0.2, 0) is 11.8 Å². The third kappa shape index (κ3) is 5.66. The lowest BCUT2D eigenvalue weighted by Crippen LogP contribution is -2.31. The van der Waals surface area contributed by atoms with Crippen LogP contribution in [0.25, 0.3) is 0 Å². The molecule has 2 unspecified atom stereocenters. The van der Waals surface area contributed by atoms with Gasteiger partial charge in [0.15, 0.2) is 0 Å². The summed E-state index contributed by atoms with van der Waals surface area (Å²) in [4.78, 5) is 0. The normalized spacial score (nSPS) is 15.4. The van der Waals surface area contributed by atoms with Crippen molar-refractivity contribution >= 4 is 0 Å². The maximum absolute atomic E-state index is 3.54. The van der Waals surface area contributed by atoms with E-state index < -0.39 is 0 Å². The van der Waals surface area contributed by atoms with Crippen molar-refractivity contribution in [1.29, 1.82) is 0 Å². The van der Waals surface area contributed by atoms with Crippen LogP contribution in [0.5, 0.6) is 0 Å². The second kappa shape index (κ2) is 7.26. The maximum Gasteiger partial charge on any atom is 0.00104 e. The lowest BCUT2D eigenvalue weighted by molar-refractivity contribution is 0.354. The molecule has 0 spiro atoms. The SMILES string of the molecule is CC(C)NCC(C)C(C)Cc1ccc(C(C)(C)C)cc1. The van der Waals surface area contributed by atoms with Gasteiger partial charge in [0.05, 0.1) is 0 Å². The molecule has 0 saturated carbocycles. The number of hydrogen-bond donors (Lipinski definition) is 1. The van der Waals surface area contributed by atoms with Gasteiger partial charge in [0.2, 0.25) is 0 Å². The smallest absolute Gasteiger partial charge is 0.00104 e. The Bertz CT molecular complexity index is 383. The zero-order valence-corrected chi connectivity index (χ0v) is 14.5. The molecule has 1 aromatic rings. The van der Waals surface area contributed by atoms with Gasteiger partial charge in [-0.05, 0) is 41.3 Å². The van der Waals surface area contributed by atoms with Gasteiger partial charge in [-0.3, -0.25) is 0 Å². The molecule has 0 heterocycles. The Morgan fingerprint density at radius 3 is 1.90 bits per heavy atom. The first-order valence-electron chi connectivity index (χ1n) is 8.03. The van der Waals surface area contributed by atoms with E-state index in [1.807, 2.05) is 0 Å². The van der Waals surface area contributed by atoms with Crippen molar-refractivity contribution in [3.8, 4) is 0 Å². The summed E-state index contributed by atoms with van der Waals surface area (Å²) in [7, 11) is 0. The molecule has 0 radical (unpaired) electrons. The summed E-state index contributed by atoms with van der Waals surface area (Å²) < 4.78 is 0. The standard InChI is InChI=1S/C19H33N/c1-14(2)20-13-16(4)15(3)12-17-8-10-18(11-9-17)19(5,6)7/h8-11,14-16,20H,12-13H2,1-7H3. The van der Waals surface area contributed by atoms with E-state index in [0.29, 0.717) is 17.9 Å². The number of hydrogen-bond acceptors (Lipinski definition) is 1. The molecule has 114 valence electrons. The molecular formula is C19H33N. The van der Waals surface area contributed by atoms with Crippen molar-refractivity contribution in [1.82, 2.24) is 5.32 Å². The van der Waals surface area contributed by atoms with E-state index >= 15 is 0 Å². The van der Waals surface area contributed by atoms with Crippen LogP contribution in [0, 0.1) is 11.8 Å². The van der Waals surface area contributed by atoms with Crippen molar-refractivity contribution in [2.75, 3.05) is 6.54 Å². The van der Waals surface area contributed by atoms with Gasteiger partial charge in [-0.25, -0.2) is 0 Å². The Hall–Kier alpha value is -0.820. The fourth-order valence-corrected chi connectivity index (χ4v) is 2.34. The second-order valence-corrected chi connectivity index (χ2v) is 7.67. The first kappa shape index (κ1) is 17.2. The zero-order valence-electron chi connectivity index (χ0n) is 14.5. The monoisotopic (exact) mass is 275 g/mol. The first-order chi connectivity index (χ1) is 9.20. The molecule has 1 nitrogen and oxygen atoms in total. The molecule has 0 bridgehead atoms. The van der Waals surface area contributed by atoms with Crippen molar-refractivity contribution in [3.05, 3.63) is 35.4 Å². The van der Waals surface area contributed by atoms with Crippen LogP contribution in [0.3, 0.4) is 0 Å². The van der Waals surface area contributed by atoms with E-state index in [1.165, 1.54) is 17.5 Å². The van der Waals surface area contributed by atoms with Crippen LogP contribution >= 0.6 is 0 Å². The Morgan fingerprint density at radius 2 is 1.45 bits per heavy atom. The molecule has 0 aliphatic carbocycles. The maximum atomic E-state index is 3.54. The number of nitrogens with one attached hydrogen (secondary N) is 1. The predicted molar refractivity (Wildman–Crippen MR) is 90.3 cm³/mol. The van der Waals surface area contributed by atoms with E-state index in [2.05, 4.69) is 78.0 Å². The summed E-state index contributed by atoms with van der Waals surface area (Å²) in [6.45, 7) is 17.1. The summed E-state index contributed by atoms with van der Waals surface area (Å²) >= 11 is 0. The Balaban J connectivity index is 2.55. The molecule has 1 heteroatoms. The highest BCUT2D eigenvalue weighted by atomic mass is 14.9. The van der Waals surface area contributed by atoms with Gasteiger partial charge < -0.3 is 5.32 Å². The average molecular weight is 275 g/mol. The minimum absolute atomic E-state index is 0.249. The second-order valence-electron chi connectivity index (χ2n) is 7.67. The molecule has 1 N–H and O–H groups in total. The van der Waals surface area contributed by atoms with Gasteiger partial charge in [0.1, 0.15) is 0 Å². The molecule has 0 saturated heterocycles. The summed E-state index contributed by atoms with van der Waals surface area (Å²) in [6, 6.07) is 9.77. The number of rotatable bonds is 6. The van der Waals surface area contributed by atoms with Crippen LogP contribution in [-0.4, -0.2) is 12.6 Å². The van der Waals surface area contributed by atoms with Gasteiger partial charge in [0.25, 0.3) is 0 Å². The van der Waals surface area contributed by atoms with Crippen molar-refractivity contribution < 1.29 is 0 Å². The van der Waals surface area contributed by atoms with Crippen molar-refractivity contribution in [2.45, 2.75) is 66.3 Å². The molecule has 0 fully saturated rings. The highest BCUT2D eigenvalue weighted by Crippen LogP contribution is 2.24. The Morgan fingerprint density at radius 1 is 0.900 bits per heavy atom. The lowest BCUT2D eigenvalue weighted by atomic mass is 9.85. The van der Waals surface area contributed by atoms with Crippen LogP contribution in [0.2, 0.25) is 0 Å². The average Bonchev–Trinajstić information content (AvgIpc) is 2.35. The van der Waals surface area contributed by atoms with E-state index in [4.69, 9.17) is 0 Å². The first-order valence-corrected chi connectivity index (χ1v) is 8.03. The topological polar surface area (TPSA) is 12.0 Å². The summed E-state index contributed by atoms with van der Waals surface area (Å²) in [6.07, 6.45) is 1.17.